The summed E-state index contributed by atoms with van der Waals surface area (Å²) in [5.41, 5.74) is 1.92. The summed E-state index contributed by atoms with van der Waals surface area (Å²) < 4.78 is 0. The monoisotopic (exact) mass is 319 g/mol. The van der Waals surface area contributed by atoms with Crippen LogP contribution in [0.5, 0.6) is 0 Å². The molecule has 23 heavy (non-hydrogen) atoms. The standard InChI is InChI=1S/C18H29N3O2/c1-3-20-10-12-21(13-11-20)9-8-18(23)19-14-17(22)16-7-5-4-6-15(16)2/h4-7,17,22H,3,8-14H2,1-2H3,(H,19,23). The van der Waals surface area contributed by atoms with Gasteiger partial charge in [0.15, 0.2) is 0 Å². The van der Waals surface area contributed by atoms with Gasteiger partial charge >= 0.3 is 0 Å². The van der Waals surface area contributed by atoms with Crippen molar-refractivity contribution < 1.29 is 9.90 Å². The maximum absolute atomic E-state index is 12.0. The minimum atomic E-state index is -0.645. The lowest BCUT2D eigenvalue weighted by atomic mass is 10.0. The van der Waals surface area contributed by atoms with Gasteiger partial charge < -0.3 is 20.2 Å². The van der Waals surface area contributed by atoms with Gasteiger partial charge in [-0.25, -0.2) is 0 Å². The lowest BCUT2D eigenvalue weighted by molar-refractivity contribution is -0.122. The molecule has 0 radical (unpaired) electrons. The van der Waals surface area contributed by atoms with Crippen LogP contribution >= 0.6 is 0 Å². The first kappa shape index (κ1) is 17.9. The van der Waals surface area contributed by atoms with E-state index in [-0.39, 0.29) is 12.5 Å². The van der Waals surface area contributed by atoms with E-state index in [0.29, 0.717) is 6.42 Å². The van der Waals surface area contributed by atoms with Gasteiger partial charge in [-0.3, -0.25) is 4.79 Å². The van der Waals surface area contributed by atoms with Crippen molar-refractivity contribution in [1.29, 1.82) is 0 Å². The summed E-state index contributed by atoms with van der Waals surface area (Å²) in [5.74, 6) is 0.00977. The van der Waals surface area contributed by atoms with Crippen molar-refractivity contribution in [2.24, 2.45) is 0 Å². The topological polar surface area (TPSA) is 55.8 Å². The van der Waals surface area contributed by atoms with E-state index in [9.17, 15) is 9.90 Å². The molecule has 5 nitrogen and oxygen atoms in total. The van der Waals surface area contributed by atoms with E-state index < -0.39 is 6.10 Å². The van der Waals surface area contributed by atoms with Gasteiger partial charge in [-0.05, 0) is 24.6 Å². The summed E-state index contributed by atoms with van der Waals surface area (Å²) in [5, 5.41) is 13.0. The van der Waals surface area contributed by atoms with E-state index in [1.807, 2.05) is 31.2 Å². The summed E-state index contributed by atoms with van der Waals surface area (Å²) in [6, 6.07) is 7.72. The SMILES string of the molecule is CCN1CCN(CCC(=O)NCC(O)c2ccccc2C)CC1. The highest BCUT2D eigenvalue weighted by Gasteiger charge is 2.16. The number of aliphatic hydroxyl groups is 1. The maximum Gasteiger partial charge on any atom is 0.221 e. The molecule has 1 heterocycles. The molecular weight excluding hydrogens is 290 g/mol. The van der Waals surface area contributed by atoms with Crippen molar-refractivity contribution in [3.63, 3.8) is 0 Å². The van der Waals surface area contributed by atoms with Crippen molar-refractivity contribution in [1.82, 2.24) is 15.1 Å². The zero-order valence-electron chi connectivity index (χ0n) is 14.3. The molecule has 0 saturated carbocycles. The van der Waals surface area contributed by atoms with Crippen LogP contribution < -0.4 is 5.32 Å². The van der Waals surface area contributed by atoms with Gasteiger partial charge in [0.05, 0.1) is 6.10 Å². The highest BCUT2D eigenvalue weighted by Crippen LogP contribution is 2.16. The molecule has 1 amide bonds. The minimum absolute atomic E-state index is 0.00977. The number of nitrogens with one attached hydrogen (secondary N) is 1. The zero-order chi connectivity index (χ0) is 16.7. The lowest BCUT2D eigenvalue weighted by Gasteiger charge is -2.33. The van der Waals surface area contributed by atoms with E-state index in [1.165, 1.54) is 0 Å². The van der Waals surface area contributed by atoms with E-state index >= 15 is 0 Å². The number of carbonyl (C=O) groups is 1. The molecule has 0 spiro atoms. The predicted octanol–water partition coefficient (Wildman–Crippen LogP) is 1.17. The maximum atomic E-state index is 12.0. The number of piperazine rings is 1. The molecule has 0 aliphatic carbocycles. The van der Waals surface area contributed by atoms with E-state index in [1.54, 1.807) is 0 Å². The Balaban J connectivity index is 1.66. The van der Waals surface area contributed by atoms with Crippen LogP contribution in [0.2, 0.25) is 0 Å². The van der Waals surface area contributed by atoms with Crippen molar-refractivity contribution in [2.75, 3.05) is 45.8 Å². The van der Waals surface area contributed by atoms with Gasteiger partial charge in [0.25, 0.3) is 0 Å². The van der Waals surface area contributed by atoms with Gasteiger partial charge in [0, 0.05) is 45.7 Å². The van der Waals surface area contributed by atoms with Crippen molar-refractivity contribution >= 4 is 5.91 Å². The number of aliphatic hydroxyl groups excluding tert-OH is 1. The van der Waals surface area contributed by atoms with Gasteiger partial charge in [0.1, 0.15) is 0 Å². The van der Waals surface area contributed by atoms with Gasteiger partial charge in [-0.15, -0.1) is 0 Å². The number of nitrogens with zero attached hydrogens (tertiary/aromatic N) is 2. The second-order valence-corrected chi connectivity index (χ2v) is 6.20. The van der Waals surface area contributed by atoms with E-state index in [4.69, 9.17) is 0 Å². The van der Waals surface area contributed by atoms with Crippen LogP contribution in [0.3, 0.4) is 0 Å². The average Bonchev–Trinajstić information content (AvgIpc) is 2.58. The van der Waals surface area contributed by atoms with Crippen LogP contribution in [0, 0.1) is 6.92 Å². The molecule has 128 valence electrons. The highest BCUT2D eigenvalue weighted by atomic mass is 16.3. The van der Waals surface area contributed by atoms with Gasteiger partial charge in [-0.2, -0.15) is 0 Å². The first-order chi connectivity index (χ1) is 11.1. The van der Waals surface area contributed by atoms with Gasteiger partial charge in [0.2, 0.25) is 5.91 Å². The Bertz CT molecular complexity index is 499. The number of likely N-dealkylation sites (N-methyl/N-ethyl adjacent to an activating group) is 1. The number of rotatable bonds is 7. The fraction of sp³-hybridized carbons (Fsp3) is 0.611. The quantitative estimate of drug-likeness (QED) is 0.792. The summed E-state index contributed by atoms with van der Waals surface area (Å²) in [4.78, 5) is 16.7. The average molecular weight is 319 g/mol. The molecule has 1 aliphatic rings. The molecule has 0 bridgehead atoms. The molecule has 1 fully saturated rings. The first-order valence-corrected chi connectivity index (χ1v) is 8.55. The fourth-order valence-corrected chi connectivity index (χ4v) is 2.96. The van der Waals surface area contributed by atoms with E-state index in [0.717, 1.165) is 50.4 Å². The van der Waals surface area contributed by atoms with Crippen LogP contribution in [0.15, 0.2) is 24.3 Å². The Morgan fingerprint density at radius 2 is 1.87 bits per heavy atom. The van der Waals surface area contributed by atoms with Crippen molar-refractivity contribution in [3.05, 3.63) is 35.4 Å². The molecule has 5 heteroatoms. The molecule has 1 aromatic carbocycles. The number of aryl methyl sites for hydroxylation is 1. The Morgan fingerprint density at radius 3 is 2.52 bits per heavy atom. The second kappa shape index (κ2) is 9.01. The molecule has 2 N–H and O–H groups in total. The first-order valence-electron chi connectivity index (χ1n) is 8.55. The Labute approximate surface area is 139 Å². The lowest BCUT2D eigenvalue weighted by Crippen LogP contribution is -2.47. The number of amides is 1. The molecule has 1 atom stereocenters. The Hall–Kier alpha value is -1.43. The van der Waals surface area contributed by atoms with Crippen LogP contribution in [0.25, 0.3) is 0 Å². The molecule has 1 saturated heterocycles. The minimum Gasteiger partial charge on any atom is -0.387 e. The van der Waals surface area contributed by atoms with Crippen LogP contribution in [-0.2, 0) is 4.79 Å². The smallest absolute Gasteiger partial charge is 0.221 e. The van der Waals surface area contributed by atoms with Crippen molar-refractivity contribution in [3.8, 4) is 0 Å². The molecular formula is C18H29N3O2. The van der Waals surface area contributed by atoms with E-state index in [2.05, 4.69) is 22.0 Å². The molecule has 1 aliphatic heterocycles. The zero-order valence-corrected chi connectivity index (χ0v) is 14.3. The fourth-order valence-electron chi connectivity index (χ4n) is 2.96. The van der Waals surface area contributed by atoms with Gasteiger partial charge in [-0.1, -0.05) is 31.2 Å². The third-order valence-corrected chi connectivity index (χ3v) is 4.61. The normalized spacial score (nSPS) is 17.9. The highest BCUT2D eigenvalue weighted by molar-refractivity contribution is 5.76. The molecule has 2 rings (SSSR count). The number of benzene rings is 1. The summed E-state index contributed by atoms with van der Waals surface area (Å²) in [6.45, 7) is 10.6. The van der Waals surface area contributed by atoms with Crippen LogP contribution in [0.4, 0.5) is 0 Å². The number of hydrogen-bond donors (Lipinski definition) is 2. The summed E-state index contributed by atoms with van der Waals surface area (Å²) in [6.07, 6.45) is -0.152. The third kappa shape index (κ3) is 5.61. The summed E-state index contributed by atoms with van der Waals surface area (Å²) in [7, 11) is 0. The van der Waals surface area contributed by atoms with Crippen LogP contribution in [0.1, 0.15) is 30.6 Å². The predicted molar refractivity (Wildman–Crippen MR) is 92.3 cm³/mol. The second-order valence-electron chi connectivity index (χ2n) is 6.20. The Morgan fingerprint density at radius 1 is 1.22 bits per heavy atom. The molecule has 1 aromatic rings. The number of carbonyl (C=O) groups excluding carboxylic acids is 1. The largest absolute Gasteiger partial charge is 0.387 e. The Kier molecular flexibility index (Phi) is 7.02. The number of hydrogen-bond acceptors (Lipinski definition) is 4. The molecule has 1 unspecified atom stereocenters. The third-order valence-electron chi connectivity index (χ3n) is 4.61. The molecule has 0 aromatic heterocycles. The summed E-state index contributed by atoms with van der Waals surface area (Å²) >= 11 is 0. The van der Waals surface area contributed by atoms with Crippen LogP contribution in [-0.4, -0.2) is 66.6 Å². The van der Waals surface area contributed by atoms with Crippen molar-refractivity contribution in [2.45, 2.75) is 26.4 Å².